The summed E-state index contributed by atoms with van der Waals surface area (Å²) in [5.41, 5.74) is 0. The number of nitrogens with zero attached hydrogens (tertiary/aromatic N) is 2. The van der Waals surface area contributed by atoms with Gasteiger partial charge in [0, 0.05) is 26.4 Å². The molecule has 1 aliphatic carbocycles. The van der Waals surface area contributed by atoms with Crippen LogP contribution in [0.1, 0.15) is 53.4 Å². The van der Waals surface area contributed by atoms with Crippen molar-refractivity contribution in [1.29, 1.82) is 0 Å². The highest BCUT2D eigenvalue weighted by Crippen LogP contribution is 2.28. The summed E-state index contributed by atoms with van der Waals surface area (Å²) in [6.45, 7) is 9.88. The summed E-state index contributed by atoms with van der Waals surface area (Å²) < 4.78 is 22.8. The molecule has 0 spiro atoms. The molecule has 0 atom stereocenters. The Kier molecular flexibility index (Phi) is 7.36. The molecule has 136 valence electrons. The molecule has 1 aliphatic rings. The van der Waals surface area contributed by atoms with Crippen LogP contribution < -0.4 is 5.32 Å². The molecule has 0 heterocycles. The topological polar surface area (TPSA) is 61.8 Å². The van der Waals surface area contributed by atoms with E-state index in [1.165, 1.54) is 31.9 Å². The van der Waals surface area contributed by atoms with Gasteiger partial charge in [-0.1, -0.05) is 19.8 Å². The highest BCUT2D eigenvalue weighted by atomic mass is 32.2. The van der Waals surface area contributed by atoms with E-state index in [9.17, 15) is 8.42 Å². The van der Waals surface area contributed by atoms with Crippen molar-refractivity contribution >= 4 is 15.8 Å². The third kappa shape index (κ3) is 6.32. The first-order valence-corrected chi connectivity index (χ1v) is 10.6. The maximum absolute atomic E-state index is 11.8. The first-order valence-electron chi connectivity index (χ1n) is 8.76. The Balaban J connectivity index is 2.70. The SMILES string of the molecule is CCNC(=NCC(C)(C)S(C)(=O)=O)N(C)CC1CCC(C)CC1. The van der Waals surface area contributed by atoms with Gasteiger partial charge in [-0.2, -0.15) is 0 Å². The van der Waals surface area contributed by atoms with Gasteiger partial charge in [-0.05, 0) is 45.4 Å². The average molecular weight is 346 g/mol. The monoisotopic (exact) mass is 345 g/mol. The molecule has 1 saturated carbocycles. The van der Waals surface area contributed by atoms with E-state index in [2.05, 4.69) is 22.1 Å². The van der Waals surface area contributed by atoms with Crippen LogP contribution in [-0.4, -0.2) is 57.0 Å². The van der Waals surface area contributed by atoms with Crippen molar-refractivity contribution in [3.8, 4) is 0 Å². The Bertz CT molecular complexity index is 492. The van der Waals surface area contributed by atoms with Crippen LogP contribution in [0.4, 0.5) is 0 Å². The van der Waals surface area contributed by atoms with Gasteiger partial charge < -0.3 is 10.2 Å². The van der Waals surface area contributed by atoms with Gasteiger partial charge in [0.1, 0.15) is 0 Å². The lowest BCUT2D eigenvalue weighted by Gasteiger charge is -2.31. The fourth-order valence-electron chi connectivity index (χ4n) is 2.84. The van der Waals surface area contributed by atoms with Crippen LogP contribution in [0.15, 0.2) is 4.99 Å². The lowest BCUT2D eigenvalue weighted by Crippen LogP contribution is -2.43. The predicted octanol–water partition coefficient (Wildman–Crippen LogP) is 2.53. The summed E-state index contributed by atoms with van der Waals surface area (Å²) in [7, 11) is -1.08. The Morgan fingerprint density at radius 1 is 1.26 bits per heavy atom. The fraction of sp³-hybridized carbons (Fsp3) is 0.941. The molecular formula is C17H35N3O2S. The molecule has 0 aromatic rings. The van der Waals surface area contributed by atoms with Gasteiger partial charge in [0.25, 0.3) is 0 Å². The molecule has 1 rings (SSSR count). The lowest BCUT2D eigenvalue weighted by molar-refractivity contribution is 0.250. The van der Waals surface area contributed by atoms with Gasteiger partial charge >= 0.3 is 0 Å². The van der Waals surface area contributed by atoms with E-state index in [0.29, 0.717) is 5.92 Å². The Labute approximate surface area is 142 Å². The molecule has 5 nitrogen and oxygen atoms in total. The van der Waals surface area contributed by atoms with Crippen LogP contribution in [0.25, 0.3) is 0 Å². The number of hydrogen-bond acceptors (Lipinski definition) is 3. The first kappa shape index (κ1) is 20.3. The lowest BCUT2D eigenvalue weighted by atomic mass is 9.83. The zero-order valence-electron chi connectivity index (χ0n) is 15.7. The van der Waals surface area contributed by atoms with Crippen molar-refractivity contribution in [2.45, 2.75) is 58.1 Å². The van der Waals surface area contributed by atoms with Gasteiger partial charge in [0.05, 0.1) is 11.3 Å². The quantitative estimate of drug-likeness (QED) is 0.593. The van der Waals surface area contributed by atoms with Crippen molar-refractivity contribution < 1.29 is 8.42 Å². The molecular weight excluding hydrogens is 310 g/mol. The molecule has 0 aromatic carbocycles. The molecule has 1 N–H and O–H groups in total. The summed E-state index contributed by atoms with van der Waals surface area (Å²) in [5.74, 6) is 2.37. The Hall–Kier alpha value is -0.780. The van der Waals surface area contributed by atoms with E-state index in [1.807, 2.05) is 14.0 Å². The molecule has 0 bridgehead atoms. The van der Waals surface area contributed by atoms with E-state index in [-0.39, 0.29) is 6.54 Å². The average Bonchev–Trinajstić information content (AvgIpc) is 2.44. The number of sulfone groups is 1. The van der Waals surface area contributed by atoms with E-state index in [4.69, 9.17) is 0 Å². The van der Waals surface area contributed by atoms with Crippen molar-refractivity contribution in [1.82, 2.24) is 10.2 Å². The molecule has 23 heavy (non-hydrogen) atoms. The number of aliphatic imine (C=N–C) groups is 1. The second kappa shape index (κ2) is 8.36. The van der Waals surface area contributed by atoms with Crippen molar-refractivity contribution in [3.05, 3.63) is 0 Å². The third-order valence-electron chi connectivity index (χ3n) is 4.98. The molecule has 0 radical (unpaired) electrons. The largest absolute Gasteiger partial charge is 0.357 e. The van der Waals surface area contributed by atoms with E-state index >= 15 is 0 Å². The van der Waals surface area contributed by atoms with Gasteiger partial charge in [-0.25, -0.2) is 8.42 Å². The summed E-state index contributed by atoms with van der Waals surface area (Å²) in [6.07, 6.45) is 6.46. The van der Waals surface area contributed by atoms with Crippen LogP contribution in [0.3, 0.4) is 0 Å². The standard InChI is InChI=1S/C17H35N3O2S/c1-7-18-16(19-13-17(3,4)23(6,21)22)20(5)12-15-10-8-14(2)9-11-15/h14-15H,7-13H2,1-6H3,(H,18,19). The van der Waals surface area contributed by atoms with Gasteiger partial charge in [0.2, 0.25) is 0 Å². The Morgan fingerprint density at radius 2 is 1.83 bits per heavy atom. The number of nitrogens with one attached hydrogen (secondary N) is 1. The summed E-state index contributed by atoms with van der Waals surface area (Å²) in [4.78, 5) is 6.74. The minimum absolute atomic E-state index is 0.278. The van der Waals surface area contributed by atoms with Crippen molar-refractivity contribution in [3.63, 3.8) is 0 Å². The van der Waals surface area contributed by atoms with Crippen molar-refractivity contribution in [2.75, 3.05) is 32.9 Å². The molecule has 0 amide bonds. The van der Waals surface area contributed by atoms with Crippen molar-refractivity contribution in [2.24, 2.45) is 16.8 Å². The van der Waals surface area contributed by atoms with Crippen LogP contribution in [0.5, 0.6) is 0 Å². The second-order valence-corrected chi connectivity index (χ2v) is 10.4. The minimum atomic E-state index is -3.13. The number of rotatable bonds is 6. The molecule has 0 unspecified atom stereocenters. The van der Waals surface area contributed by atoms with Crippen LogP contribution in [0.2, 0.25) is 0 Å². The summed E-state index contributed by atoms with van der Waals surface area (Å²) in [5, 5.41) is 3.29. The molecule has 0 aliphatic heterocycles. The second-order valence-electron chi connectivity index (χ2n) is 7.71. The highest BCUT2D eigenvalue weighted by molar-refractivity contribution is 7.92. The zero-order valence-corrected chi connectivity index (χ0v) is 16.5. The Morgan fingerprint density at radius 3 is 2.30 bits per heavy atom. The summed E-state index contributed by atoms with van der Waals surface area (Å²) in [6, 6.07) is 0. The van der Waals surface area contributed by atoms with Gasteiger partial charge in [-0.3, -0.25) is 4.99 Å². The molecule has 0 saturated heterocycles. The van der Waals surface area contributed by atoms with Gasteiger partial charge in [0.15, 0.2) is 15.8 Å². The summed E-state index contributed by atoms with van der Waals surface area (Å²) >= 11 is 0. The smallest absolute Gasteiger partial charge is 0.193 e. The van der Waals surface area contributed by atoms with E-state index in [0.717, 1.165) is 25.0 Å². The maximum atomic E-state index is 11.8. The normalized spacial score (nSPS) is 23.7. The zero-order chi connectivity index (χ0) is 17.7. The van der Waals surface area contributed by atoms with E-state index < -0.39 is 14.6 Å². The predicted molar refractivity (Wildman–Crippen MR) is 98.7 cm³/mol. The van der Waals surface area contributed by atoms with E-state index in [1.54, 1.807) is 13.8 Å². The highest BCUT2D eigenvalue weighted by Gasteiger charge is 2.30. The maximum Gasteiger partial charge on any atom is 0.193 e. The minimum Gasteiger partial charge on any atom is -0.357 e. The van der Waals surface area contributed by atoms with Gasteiger partial charge in [-0.15, -0.1) is 0 Å². The third-order valence-corrected chi connectivity index (χ3v) is 7.11. The first-order chi connectivity index (χ1) is 10.6. The van der Waals surface area contributed by atoms with Crippen LogP contribution >= 0.6 is 0 Å². The fourth-order valence-corrected chi connectivity index (χ4v) is 3.14. The van der Waals surface area contributed by atoms with Crippen LogP contribution in [-0.2, 0) is 9.84 Å². The number of guanidine groups is 1. The van der Waals surface area contributed by atoms with Crippen LogP contribution in [0, 0.1) is 11.8 Å². The molecule has 1 fully saturated rings. The molecule has 0 aromatic heterocycles. The number of hydrogen-bond donors (Lipinski definition) is 1. The molecule has 6 heteroatoms.